The Morgan fingerprint density at radius 3 is 2.49 bits per heavy atom. The summed E-state index contributed by atoms with van der Waals surface area (Å²) in [6.07, 6.45) is 9.52. The van der Waals surface area contributed by atoms with Crippen LogP contribution in [-0.4, -0.2) is 19.4 Å². The number of rotatable bonds is 0. The molecule has 4 heteroatoms. The monoisotopic (exact) mass is 446 g/mol. The summed E-state index contributed by atoms with van der Waals surface area (Å²) in [5, 5.41) is 3.60. The minimum atomic E-state index is 0.925. The summed E-state index contributed by atoms with van der Waals surface area (Å²) < 4.78 is 2.27. The zero-order valence-electron chi connectivity index (χ0n) is 18.8. The summed E-state index contributed by atoms with van der Waals surface area (Å²) in [6.45, 7) is 0. The molecule has 7 aromatic rings. The van der Waals surface area contributed by atoms with Gasteiger partial charge in [0, 0.05) is 29.4 Å². The molecule has 9 rings (SSSR count). The molecule has 3 aromatic carbocycles. The van der Waals surface area contributed by atoms with E-state index in [4.69, 9.17) is 4.98 Å². The fourth-order valence-corrected chi connectivity index (χ4v) is 6.60. The fraction of sp³-hybridized carbons (Fsp3) is 0.0645. The first-order valence-electron chi connectivity index (χ1n) is 12.0. The van der Waals surface area contributed by atoms with E-state index < -0.39 is 0 Å². The van der Waals surface area contributed by atoms with E-state index >= 15 is 0 Å². The highest BCUT2D eigenvalue weighted by Crippen LogP contribution is 2.50. The van der Waals surface area contributed by atoms with Gasteiger partial charge in [0.1, 0.15) is 5.65 Å². The molecule has 2 aliphatic rings. The number of pyridine rings is 3. The highest BCUT2D eigenvalue weighted by Gasteiger charge is 2.30. The average molecular weight is 447 g/mol. The van der Waals surface area contributed by atoms with Crippen molar-refractivity contribution in [1.82, 2.24) is 19.4 Å². The maximum Gasteiger partial charge on any atom is 0.146 e. The van der Waals surface area contributed by atoms with Crippen molar-refractivity contribution in [3.8, 4) is 22.3 Å². The van der Waals surface area contributed by atoms with E-state index in [9.17, 15) is 0 Å². The fourth-order valence-electron chi connectivity index (χ4n) is 6.60. The first-order valence-corrected chi connectivity index (χ1v) is 12.0. The third-order valence-electron chi connectivity index (χ3n) is 8.03. The van der Waals surface area contributed by atoms with E-state index in [1.54, 1.807) is 0 Å². The summed E-state index contributed by atoms with van der Waals surface area (Å²) in [4.78, 5) is 14.0. The minimum absolute atomic E-state index is 0.925. The van der Waals surface area contributed by atoms with E-state index in [1.807, 2.05) is 30.9 Å². The highest BCUT2D eigenvalue weighted by molar-refractivity contribution is 6.17. The van der Waals surface area contributed by atoms with Crippen molar-refractivity contribution in [2.75, 3.05) is 0 Å². The van der Waals surface area contributed by atoms with Crippen molar-refractivity contribution in [3.05, 3.63) is 108 Å². The van der Waals surface area contributed by atoms with Gasteiger partial charge in [0.15, 0.2) is 0 Å². The number of imidazole rings is 1. The van der Waals surface area contributed by atoms with Gasteiger partial charge in [-0.1, -0.05) is 48.5 Å². The molecule has 0 spiro atoms. The Morgan fingerprint density at radius 1 is 0.629 bits per heavy atom. The summed E-state index contributed by atoms with van der Waals surface area (Å²) in [5.41, 5.74) is 15.4. The van der Waals surface area contributed by atoms with Crippen LogP contribution < -0.4 is 0 Å². The van der Waals surface area contributed by atoms with Gasteiger partial charge in [-0.05, 0) is 74.9 Å². The predicted molar refractivity (Wildman–Crippen MR) is 140 cm³/mol. The zero-order valence-corrected chi connectivity index (χ0v) is 18.8. The molecule has 162 valence electrons. The van der Waals surface area contributed by atoms with Crippen molar-refractivity contribution >= 4 is 38.4 Å². The third-order valence-corrected chi connectivity index (χ3v) is 8.03. The topological polar surface area (TPSA) is 43.1 Å². The molecule has 0 unspecified atom stereocenters. The molecule has 0 atom stereocenters. The van der Waals surface area contributed by atoms with Gasteiger partial charge in [-0.25, -0.2) is 4.98 Å². The SMILES string of the molecule is c1ccc2c(c1)Cc1c-2ccc2c1-c1ccc3c4cnccc4n4c5cnccc5nc4c3c1C2. The highest BCUT2D eigenvalue weighted by atomic mass is 15.0. The second-order valence-electron chi connectivity index (χ2n) is 9.68. The molecular weight excluding hydrogens is 428 g/mol. The van der Waals surface area contributed by atoms with Crippen LogP contribution in [0, 0.1) is 0 Å². The van der Waals surface area contributed by atoms with Crippen molar-refractivity contribution in [2.45, 2.75) is 12.8 Å². The van der Waals surface area contributed by atoms with Crippen LogP contribution in [0.4, 0.5) is 0 Å². The Bertz CT molecular complexity index is 2070. The maximum absolute atomic E-state index is 5.14. The lowest BCUT2D eigenvalue weighted by molar-refractivity contribution is 1.23. The number of aromatic nitrogens is 4. The van der Waals surface area contributed by atoms with Gasteiger partial charge in [0.05, 0.1) is 22.7 Å². The first kappa shape index (κ1) is 17.8. The number of nitrogens with zero attached hydrogens (tertiary/aromatic N) is 4. The van der Waals surface area contributed by atoms with Gasteiger partial charge in [-0.15, -0.1) is 0 Å². The number of fused-ring (bicyclic) bond motifs is 16. The van der Waals surface area contributed by atoms with Crippen LogP contribution in [0.3, 0.4) is 0 Å². The Morgan fingerprint density at radius 2 is 1.49 bits per heavy atom. The molecule has 0 saturated carbocycles. The van der Waals surface area contributed by atoms with Crippen molar-refractivity contribution in [3.63, 3.8) is 0 Å². The third kappa shape index (κ3) is 2.11. The molecule has 0 radical (unpaired) electrons. The lowest BCUT2D eigenvalue weighted by Crippen LogP contribution is -1.95. The summed E-state index contributed by atoms with van der Waals surface area (Å²) >= 11 is 0. The van der Waals surface area contributed by atoms with Gasteiger partial charge in [-0.2, -0.15) is 0 Å². The standard InChI is InChI=1S/C31H18N4/c1-2-4-19-17(3-1)13-23-20(19)6-5-18-14-24-21(29(18)23)7-8-22-25-15-32-12-10-27(25)35-28-16-33-11-9-26(28)34-31(35)30(22)24/h1-12,15-16H,13-14H2. The average Bonchev–Trinajstić information content (AvgIpc) is 3.59. The second kappa shape index (κ2) is 6.10. The summed E-state index contributed by atoms with van der Waals surface area (Å²) in [7, 11) is 0. The summed E-state index contributed by atoms with van der Waals surface area (Å²) in [5.74, 6) is 0. The lowest BCUT2D eigenvalue weighted by atomic mass is 9.94. The maximum atomic E-state index is 5.14. The second-order valence-corrected chi connectivity index (χ2v) is 9.68. The molecule has 4 aromatic heterocycles. The zero-order chi connectivity index (χ0) is 22.7. The Balaban J connectivity index is 1.44. The Hall–Kier alpha value is -4.57. The van der Waals surface area contributed by atoms with Gasteiger partial charge in [0.2, 0.25) is 0 Å². The first-order chi connectivity index (χ1) is 17.4. The molecule has 4 heterocycles. The number of hydrogen-bond donors (Lipinski definition) is 0. The molecule has 4 nitrogen and oxygen atoms in total. The predicted octanol–water partition coefficient (Wildman–Crippen LogP) is 6.73. The van der Waals surface area contributed by atoms with Crippen molar-refractivity contribution < 1.29 is 0 Å². The molecule has 0 N–H and O–H groups in total. The summed E-state index contributed by atoms with van der Waals surface area (Å²) in [6, 6.07) is 22.2. The molecule has 0 saturated heterocycles. The Kier molecular flexibility index (Phi) is 3.11. The van der Waals surface area contributed by atoms with Crippen molar-refractivity contribution in [1.29, 1.82) is 0 Å². The van der Waals surface area contributed by atoms with Gasteiger partial charge in [0.25, 0.3) is 0 Å². The number of benzene rings is 3. The van der Waals surface area contributed by atoms with Gasteiger partial charge in [-0.3, -0.25) is 14.4 Å². The van der Waals surface area contributed by atoms with Crippen molar-refractivity contribution in [2.24, 2.45) is 0 Å². The van der Waals surface area contributed by atoms with Gasteiger partial charge >= 0.3 is 0 Å². The molecule has 35 heavy (non-hydrogen) atoms. The lowest BCUT2D eigenvalue weighted by Gasteiger charge is -2.13. The molecule has 0 aliphatic heterocycles. The van der Waals surface area contributed by atoms with Crippen LogP contribution in [0.5, 0.6) is 0 Å². The van der Waals surface area contributed by atoms with Crippen LogP contribution in [0.25, 0.3) is 60.6 Å². The van der Waals surface area contributed by atoms with Gasteiger partial charge < -0.3 is 0 Å². The van der Waals surface area contributed by atoms with E-state index in [0.717, 1.165) is 40.4 Å². The van der Waals surface area contributed by atoms with Crippen LogP contribution in [0.15, 0.2) is 85.5 Å². The Labute approximate surface area is 200 Å². The largest absolute Gasteiger partial charge is 0.290 e. The molecule has 0 amide bonds. The van der Waals surface area contributed by atoms with E-state index in [2.05, 4.69) is 69.0 Å². The van der Waals surface area contributed by atoms with Crippen LogP contribution in [-0.2, 0) is 12.8 Å². The molecule has 2 aliphatic carbocycles. The normalized spacial score (nSPS) is 13.5. The minimum Gasteiger partial charge on any atom is -0.290 e. The number of hydrogen-bond acceptors (Lipinski definition) is 3. The van der Waals surface area contributed by atoms with Crippen LogP contribution in [0.1, 0.15) is 22.3 Å². The van der Waals surface area contributed by atoms with Crippen LogP contribution in [0.2, 0.25) is 0 Å². The molecule has 0 bridgehead atoms. The molecule has 0 fully saturated rings. The van der Waals surface area contributed by atoms with Crippen LogP contribution >= 0.6 is 0 Å². The van der Waals surface area contributed by atoms with E-state index in [0.29, 0.717) is 0 Å². The molecular formula is C31H18N4. The quantitative estimate of drug-likeness (QED) is 0.243. The van der Waals surface area contributed by atoms with E-state index in [1.165, 1.54) is 55.3 Å². The van der Waals surface area contributed by atoms with E-state index in [-0.39, 0.29) is 0 Å². The smallest absolute Gasteiger partial charge is 0.146 e.